The van der Waals surface area contributed by atoms with Crippen LogP contribution in [0.5, 0.6) is 0 Å². The van der Waals surface area contributed by atoms with Gasteiger partial charge in [-0.2, -0.15) is 0 Å². The van der Waals surface area contributed by atoms with Gasteiger partial charge in [0.05, 0.1) is 0 Å². The average molecular weight is 381 g/mol. The number of rotatable bonds is 9. The Labute approximate surface area is 172 Å². The zero-order valence-electron chi connectivity index (χ0n) is 18.6. The lowest BCUT2D eigenvalue weighted by molar-refractivity contribution is 0.155. The normalized spacial score (nSPS) is 15.2. The maximum absolute atomic E-state index is 6.00. The summed E-state index contributed by atoms with van der Waals surface area (Å²) >= 11 is 0. The molecule has 28 heavy (non-hydrogen) atoms. The molecule has 2 aromatic carbocycles. The molecule has 154 valence electrons. The molecule has 0 aliphatic rings. The molecule has 0 amide bonds. The molecule has 0 heterocycles. The second kappa shape index (κ2) is 9.49. The third kappa shape index (κ3) is 5.10. The van der Waals surface area contributed by atoms with E-state index in [1.54, 1.807) is 0 Å². The van der Waals surface area contributed by atoms with Crippen LogP contribution in [0.25, 0.3) is 0 Å². The van der Waals surface area contributed by atoms with E-state index in [9.17, 15) is 0 Å². The zero-order chi connectivity index (χ0) is 20.8. The lowest BCUT2D eigenvalue weighted by atomic mass is 9.55. The van der Waals surface area contributed by atoms with E-state index >= 15 is 0 Å². The maximum Gasteiger partial charge on any atom is 0.0314 e. The molecule has 2 unspecified atom stereocenters. The summed E-state index contributed by atoms with van der Waals surface area (Å²) in [6.45, 7) is 11.8. The molecule has 0 aliphatic heterocycles. The highest BCUT2D eigenvalue weighted by molar-refractivity contribution is 5.46. The zero-order valence-corrected chi connectivity index (χ0v) is 18.6. The minimum atomic E-state index is -0.0123. The van der Waals surface area contributed by atoms with Crippen LogP contribution in [0.2, 0.25) is 0 Å². The summed E-state index contributed by atoms with van der Waals surface area (Å²) in [5.74, 6) is 0.429. The van der Waals surface area contributed by atoms with E-state index in [0.717, 1.165) is 11.4 Å². The first-order chi connectivity index (χ1) is 13.2. The summed E-state index contributed by atoms with van der Waals surface area (Å²) in [5.41, 5.74) is 16.5. The Morgan fingerprint density at radius 3 is 1.71 bits per heavy atom. The Hall–Kier alpha value is -1.96. The minimum absolute atomic E-state index is 0.0123. The number of nitrogen functional groups attached to an aromatic ring is 2. The summed E-state index contributed by atoms with van der Waals surface area (Å²) in [4.78, 5) is 0. The molecule has 0 spiro atoms. The quantitative estimate of drug-likeness (QED) is 0.354. The van der Waals surface area contributed by atoms with Crippen LogP contribution in [0, 0.1) is 5.41 Å². The standard InChI is InChI=1S/C26H40N2/c1-6-7-8-9-10-11-24(20-12-16-22(27)17-13-20)26(5,25(2,3)4)21-14-18-23(28)19-15-21/h12-19,24H,6-11,27-28H2,1-5H3. The monoisotopic (exact) mass is 380 g/mol. The number of hydrogen-bond donors (Lipinski definition) is 2. The Bertz CT molecular complexity index is 710. The van der Waals surface area contributed by atoms with Crippen LogP contribution < -0.4 is 11.5 Å². The van der Waals surface area contributed by atoms with E-state index in [-0.39, 0.29) is 10.8 Å². The van der Waals surface area contributed by atoms with Crippen LogP contribution in [0.4, 0.5) is 11.4 Å². The van der Waals surface area contributed by atoms with Gasteiger partial charge in [-0.05, 0) is 53.1 Å². The van der Waals surface area contributed by atoms with Crippen LogP contribution >= 0.6 is 0 Å². The molecule has 0 aromatic heterocycles. The first-order valence-corrected chi connectivity index (χ1v) is 10.9. The van der Waals surface area contributed by atoms with Crippen molar-refractivity contribution in [2.75, 3.05) is 11.5 Å². The molecule has 0 saturated carbocycles. The smallest absolute Gasteiger partial charge is 0.0314 e. The van der Waals surface area contributed by atoms with Gasteiger partial charge in [-0.1, -0.05) is 91.0 Å². The molecule has 0 fully saturated rings. The molecule has 2 atom stereocenters. The molecule has 0 saturated heterocycles. The highest BCUT2D eigenvalue weighted by atomic mass is 14.6. The lowest BCUT2D eigenvalue weighted by Gasteiger charge is -2.49. The Morgan fingerprint density at radius 2 is 1.21 bits per heavy atom. The van der Waals surface area contributed by atoms with Gasteiger partial charge in [-0.25, -0.2) is 0 Å². The fourth-order valence-electron chi connectivity index (χ4n) is 4.46. The molecule has 0 bridgehead atoms. The van der Waals surface area contributed by atoms with Crippen molar-refractivity contribution in [1.82, 2.24) is 0 Å². The van der Waals surface area contributed by atoms with Crippen LogP contribution in [0.3, 0.4) is 0 Å². The molecule has 2 nitrogen and oxygen atoms in total. The molecular formula is C26H40N2. The van der Waals surface area contributed by atoms with Gasteiger partial charge in [-0.15, -0.1) is 0 Å². The number of benzene rings is 2. The van der Waals surface area contributed by atoms with E-state index in [2.05, 4.69) is 58.9 Å². The van der Waals surface area contributed by atoms with Crippen molar-refractivity contribution in [1.29, 1.82) is 0 Å². The lowest BCUT2D eigenvalue weighted by Crippen LogP contribution is -2.43. The summed E-state index contributed by atoms with van der Waals surface area (Å²) in [6.07, 6.45) is 7.70. The third-order valence-corrected chi connectivity index (χ3v) is 6.70. The molecule has 0 aliphatic carbocycles. The third-order valence-electron chi connectivity index (χ3n) is 6.70. The molecular weight excluding hydrogens is 340 g/mol. The molecule has 2 aromatic rings. The number of hydrogen-bond acceptors (Lipinski definition) is 2. The van der Waals surface area contributed by atoms with Crippen molar-refractivity contribution >= 4 is 11.4 Å². The number of unbranched alkanes of at least 4 members (excludes halogenated alkanes) is 4. The second-order valence-corrected chi connectivity index (χ2v) is 9.50. The fourth-order valence-corrected chi connectivity index (χ4v) is 4.46. The molecule has 0 radical (unpaired) electrons. The average Bonchev–Trinajstić information content (AvgIpc) is 2.65. The molecule has 2 heteroatoms. The molecule has 2 rings (SSSR count). The van der Waals surface area contributed by atoms with Gasteiger partial charge < -0.3 is 11.5 Å². The van der Waals surface area contributed by atoms with Gasteiger partial charge in [0.2, 0.25) is 0 Å². The van der Waals surface area contributed by atoms with Crippen molar-refractivity contribution in [3.05, 3.63) is 59.7 Å². The Balaban J connectivity index is 2.45. The van der Waals surface area contributed by atoms with Gasteiger partial charge in [0.1, 0.15) is 0 Å². The van der Waals surface area contributed by atoms with Crippen LogP contribution in [0.15, 0.2) is 48.5 Å². The highest BCUT2D eigenvalue weighted by Gasteiger charge is 2.45. The van der Waals surface area contributed by atoms with Crippen LogP contribution in [0.1, 0.15) is 90.2 Å². The second-order valence-electron chi connectivity index (χ2n) is 9.50. The van der Waals surface area contributed by atoms with Crippen molar-refractivity contribution in [2.45, 2.75) is 84.5 Å². The van der Waals surface area contributed by atoms with Crippen LogP contribution in [-0.4, -0.2) is 0 Å². The maximum atomic E-state index is 6.00. The van der Waals surface area contributed by atoms with E-state index < -0.39 is 0 Å². The topological polar surface area (TPSA) is 52.0 Å². The van der Waals surface area contributed by atoms with Crippen LogP contribution in [-0.2, 0) is 5.41 Å². The van der Waals surface area contributed by atoms with Crippen molar-refractivity contribution in [2.24, 2.45) is 5.41 Å². The first-order valence-electron chi connectivity index (χ1n) is 10.9. The fraction of sp³-hybridized carbons (Fsp3) is 0.538. The van der Waals surface area contributed by atoms with E-state index in [0.29, 0.717) is 5.92 Å². The van der Waals surface area contributed by atoms with E-state index in [4.69, 9.17) is 11.5 Å². The van der Waals surface area contributed by atoms with E-state index in [1.807, 2.05) is 24.3 Å². The number of nitrogens with two attached hydrogens (primary N) is 2. The van der Waals surface area contributed by atoms with E-state index in [1.165, 1.54) is 49.7 Å². The summed E-state index contributed by atoms with van der Waals surface area (Å²) in [7, 11) is 0. The van der Waals surface area contributed by atoms with Gasteiger partial charge >= 0.3 is 0 Å². The van der Waals surface area contributed by atoms with Crippen molar-refractivity contribution in [3.8, 4) is 0 Å². The first kappa shape index (κ1) is 22.3. The summed E-state index contributed by atoms with van der Waals surface area (Å²) in [6, 6.07) is 17.1. The van der Waals surface area contributed by atoms with Gasteiger partial charge in [0, 0.05) is 16.8 Å². The van der Waals surface area contributed by atoms with Crippen molar-refractivity contribution < 1.29 is 0 Å². The Kier molecular flexibility index (Phi) is 7.57. The number of anilines is 2. The van der Waals surface area contributed by atoms with Gasteiger partial charge in [0.15, 0.2) is 0 Å². The minimum Gasteiger partial charge on any atom is -0.399 e. The molecule has 4 N–H and O–H groups in total. The van der Waals surface area contributed by atoms with Crippen molar-refractivity contribution in [3.63, 3.8) is 0 Å². The largest absolute Gasteiger partial charge is 0.399 e. The predicted octanol–water partition coefficient (Wildman–Crippen LogP) is 7.30. The summed E-state index contributed by atoms with van der Waals surface area (Å²) in [5, 5.41) is 0. The highest BCUT2D eigenvalue weighted by Crippen LogP contribution is 2.53. The van der Waals surface area contributed by atoms with Gasteiger partial charge in [0.25, 0.3) is 0 Å². The SMILES string of the molecule is CCCCCCCC(c1ccc(N)cc1)C(C)(c1ccc(N)cc1)C(C)(C)C. The predicted molar refractivity (Wildman–Crippen MR) is 125 cm³/mol. The van der Waals surface area contributed by atoms with Gasteiger partial charge in [-0.3, -0.25) is 0 Å². The summed E-state index contributed by atoms with van der Waals surface area (Å²) < 4.78 is 0. The Morgan fingerprint density at radius 1 is 0.714 bits per heavy atom.